The third kappa shape index (κ3) is 11.1. The normalized spacial score (nSPS) is 26.8. The van der Waals surface area contributed by atoms with Crippen LogP contribution in [0.5, 0.6) is 0 Å². The summed E-state index contributed by atoms with van der Waals surface area (Å²) in [5, 5.41) is 27.6. The maximum absolute atomic E-state index is 13.7. The number of carbonyl (C=O) groups excluding carboxylic acids is 5. The highest BCUT2D eigenvalue weighted by Gasteiger charge is 2.68. The largest absolute Gasteiger partial charge is 0.481 e. The number of aliphatic hydroxyl groups is 1. The first kappa shape index (κ1) is 48.1. The third-order valence-corrected chi connectivity index (χ3v) is 14.2. The molecule has 3 aliphatic carbocycles. The van der Waals surface area contributed by atoms with E-state index in [0.29, 0.717) is 49.8 Å². The Morgan fingerprint density at radius 1 is 0.857 bits per heavy atom. The molecule has 1 unspecified atom stereocenters. The first-order valence-electron chi connectivity index (χ1n) is 23.1. The molecule has 9 N–H and O–H groups in total. The van der Waals surface area contributed by atoms with E-state index in [4.69, 9.17) is 15.0 Å². The molecular formula is C47H70BN7O8. The van der Waals surface area contributed by atoms with Gasteiger partial charge in [0.15, 0.2) is 0 Å². The molecule has 3 saturated carbocycles. The van der Waals surface area contributed by atoms with Gasteiger partial charge < -0.3 is 52.0 Å². The van der Waals surface area contributed by atoms with Crippen LogP contribution in [0.25, 0.3) is 11.1 Å². The Bertz CT molecular complexity index is 1930. The number of rotatable bonds is 20. The fraction of sp³-hybridized carbons (Fsp3) is 0.638. The molecule has 5 aliphatic rings. The minimum Gasteiger partial charge on any atom is -0.404 e. The quantitative estimate of drug-likeness (QED) is 0.0718. The number of hydrogen-bond acceptors (Lipinski definition) is 10. The molecule has 2 bridgehead atoms. The topological polar surface area (TPSA) is 222 Å². The number of hydrogen-bond donors (Lipinski definition) is 8. The first-order valence-corrected chi connectivity index (χ1v) is 23.1. The zero-order chi connectivity index (χ0) is 45.6. The number of aliphatic hydroxyl groups excluding tert-OH is 1. The van der Waals surface area contributed by atoms with Crippen molar-refractivity contribution in [2.75, 3.05) is 13.1 Å². The van der Waals surface area contributed by atoms with Gasteiger partial charge in [0.25, 0.3) is 5.91 Å². The molecule has 5 amide bonds. The fourth-order valence-electron chi connectivity index (χ4n) is 9.97. The zero-order valence-electron chi connectivity index (χ0n) is 38.1. The minimum atomic E-state index is -1.38. The third-order valence-electron chi connectivity index (χ3n) is 14.2. The lowest BCUT2D eigenvalue weighted by Crippen LogP contribution is -2.65. The van der Waals surface area contributed by atoms with Gasteiger partial charge in [0.1, 0.15) is 18.1 Å². The van der Waals surface area contributed by atoms with Gasteiger partial charge in [0.2, 0.25) is 23.6 Å². The van der Waals surface area contributed by atoms with Gasteiger partial charge in [-0.3, -0.25) is 24.0 Å². The van der Waals surface area contributed by atoms with Gasteiger partial charge in [-0.2, -0.15) is 0 Å². The molecule has 0 aromatic heterocycles. The van der Waals surface area contributed by atoms with E-state index in [1.165, 1.54) is 19.4 Å². The second-order valence-electron chi connectivity index (χ2n) is 19.2. The molecule has 5 fully saturated rings. The SMILES string of the molecule is CCCCc1ccc(-c2ccc(C(=O)N[C@H]3CN[C@H](C(=O)N[C@H](C(=O)N[C@@H](C)C(=O)N[C@@H](CCCCN)C(=O)N[C@@H](C)B4OC5C[C@@H]6C[C@@H](C6(C)C)[C@]5(C)O4)[C@@H](C)O)C3)cc2)cc1. The molecule has 0 spiro atoms. The van der Waals surface area contributed by atoms with Crippen LogP contribution in [0.1, 0.15) is 116 Å². The molecular weight excluding hydrogens is 801 g/mol. The van der Waals surface area contributed by atoms with Crippen molar-refractivity contribution in [2.45, 2.75) is 160 Å². The van der Waals surface area contributed by atoms with E-state index in [9.17, 15) is 29.1 Å². The van der Waals surface area contributed by atoms with E-state index in [0.717, 1.165) is 43.2 Å². The van der Waals surface area contributed by atoms with Gasteiger partial charge in [-0.05, 0) is 132 Å². The van der Waals surface area contributed by atoms with Gasteiger partial charge >= 0.3 is 7.12 Å². The fourth-order valence-corrected chi connectivity index (χ4v) is 9.97. The Morgan fingerprint density at radius 3 is 2.17 bits per heavy atom. The van der Waals surface area contributed by atoms with Crippen molar-refractivity contribution in [1.29, 1.82) is 0 Å². The van der Waals surface area contributed by atoms with Gasteiger partial charge in [0, 0.05) is 18.2 Å². The molecule has 2 aliphatic heterocycles. The molecule has 344 valence electrons. The molecule has 2 aromatic rings. The van der Waals surface area contributed by atoms with Crippen LogP contribution in [0.15, 0.2) is 48.5 Å². The van der Waals surface area contributed by atoms with Gasteiger partial charge in [-0.1, -0.05) is 63.6 Å². The Labute approximate surface area is 373 Å². The van der Waals surface area contributed by atoms with Crippen molar-refractivity contribution in [3.05, 3.63) is 59.7 Å². The van der Waals surface area contributed by atoms with Crippen LogP contribution in [-0.2, 0) is 34.9 Å². The van der Waals surface area contributed by atoms with E-state index >= 15 is 0 Å². The van der Waals surface area contributed by atoms with Crippen LogP contribution in [0.4, 0.5) is 0 Å². The highest BCUT2D eigenvalue weighted by atomic mass is 16.7. The van der Waals surface area contributed by atoms with E-state index in [2.05, 4.69) is 83.9 Å². The van der Waals surface area contributed by atoms with Crippen molar-refractivity contribution in [3.63, 3.8) is 0 Å². The van der Waals surface area contributed by atoms with Crippen LogP contribution in [0.3, 0.4) is 0 Å². The van der Waals surface area contributed by atoms with E-state index in [-0.39, 0.29) is 29.9 Å². The number of nitrogens with one attached hydrogen (secondary N) is 6. The Hall–Kier alpha value is -4.35. The molecule has 2 heterocycles. The first-order chi connectivity index (χ1) is 29.9. The van der Waals surface area contributed by atoms with Gasteiger partial charge in [-0.25, -0.2) is 0 Å². The summed E-state index contributed by atoms with van der Waals surface area (Å²) in [7, 11) is -0.637. The Morgan fingerprint density at radius 2 is 1.54 bits per heavy atom. The number of nitrogens with two attached hydrogens (primary N) is 1. The van der Waals surface area contributed by atoms with Crippen LogP contribution in [0.2, 0.25) is 0 Å². The Balaban J connectivity index is 0.965. The average Bonchev–Trinajstić information content (AvgIpc) is 3.88. The van der Waals surface area contributed by atoms with Crippen LogP contribution in [0, 0.1) is 17.3 Å². The zero-order valence-corrected chi connectivity index (χ0v) is 38.1. The van der Waals surface area contributed by atoms with Crippen molar-refractivity contribution in [3.8, 4) is 11.1 Å². The number of benzene rings is 2. The predicted molar refractivity (Wildman–Crippen MR) is 242 cm³/mol. The van der Waals surface area contributed by atoms with Crippen LogP contribution >= 0.6 is 0 Å². The average molecular weight is 872 g/mol. The molecule has 0 radical (unpaired) electrons. The lowest BCUT2D eigenvalue weighted by Gasteiger charge is -2.64. The van der Waals surface area contributed by atoms with Gasteiger partial charge in [-0.15, -0.1) is 0 Å². The maximum atomic E-state index is 13.7. The van der Waals surface area contributed by atoms with Gasteiger partial charge in [0.05, 0.1) is 29.8 Å². The summed E-state index contributed by atoms with van der Waals surface area (Å²) in [5.74, 6) is -2.14. The summed E-state index contributed by atoms with van der Waals surface area (Å²) in [5.41, 5.74) is 9.35. The Kier molecular flexibility index (Phi) is 15.8. The number of aryl methyl sites for hydroxylation is 1. The standard InChI is InChI=1S/C47H70BN7O8/c1-8-9-12-30-14-16-31(17-15-30)32-18-20-33(21-19-32)42(58)53-35-25-37(50-26-35)44(60)55-40(28(3)56)45(61)51-27(2)41(57)54-36(13-10-11-22-49)43(59)52-29(4)48-62-39-24-34-23-38(46(34,5)6)47(39,7)63-48/h14-21,27-29,34-40,50,56H,8-13,22-26,49H2,1-7H3,(H,51,61)(H,52,59)(H,53,58)(H,54,57)(H,55,60)/t27-,28+,29-,34-,35+,36-,37-,38-,39?,40-,47-/m0/s1. The summed E-state index contributed by atoms with van der Waals surface area (Å²) < 4.78 is 12.9. The van der Waals surface area contributed by atoms with E-state index in [1.807, 2.05) is 19.1 Å². The van der Waals surface area contributed by atoms with Crippen molar-refractivity contribution < 1.29 is 38.4 Å². The van der Waals surface area contributed by atoms with Crippen LogP contribution in [-0.4, -0.2) is 109 Å². The second kappa shape index (κ2) is 20.7. The summed E-state index contributed by atoms with van der Waals surface area (Å²) >= 11 is 0. The number of amides is 5. The maximum Gasteiger partial charge on any atom is 0.481 e. The lowest BCUT2D eigenvalue weighted by atomic mass is 9.43. The second-order valence-corrected chi connectivity index (χ2v) is 19.2. The molecule has 63 heavy (non-hydrogen) atoms. The summed E-state index contributed by atoms with van der Waals surface area (Å²) in [4.78, 5) is 67.1. The summed E-state index contributed by atoms with van der Waals surface area (Å²) in [6.45, 7) is 14.3. The van der Waals surface area contributed by atoms with E-state index < -0.39 is 72.6 Å². The van der Waals surface area contributed by atoms with Crippen molar-refractivity contribution >= 4 is 36.7 Å². The van der Waals surface area contributed by atoms with Crippen LogP contribution < -0.4 is 37.6 Å². The predicted octanol–water partition coefficient (Wildman–Crippen LogP) is 2.91. The van der Waals surface area contributed by atoms with Crippen molar-refractivity contribution in [1.82, 2.24) is 31.9 Å². The highest BCUT2D eigenvalue weighted by Crippen LogP contribution is 2.65. The molecule has 2 aromatic carbocycles. The lowest BCUT2D eigenvalue weighted by molar-refractivity contribution is -0.199. The molecule has 16 heteroatoms. The van der Waals surface area contributed by atoms with E-state index in [1.54, 1.807) is 12.1 Å². The summed E-state index contributed by atoms with van der Waals surface area (Å²) in [6.07, 6.45) is 5.84. The smallest absolute Gasteiger partial charge is 0.404 e. The minimum absolute atomic E-state index is 0.0449. The number of unbranched alkanes of at least 4 members (excludes halogenated alkanes) is 2. The monoisotopic (exact) mass is 872 g/mol. The number of carbonyl (C=O) groups is 5. The summed E-state index contributed by atoms with van der Waals surface area (Å²) in [6, 6.07) is 11.3. The molecule has 11 atom stereocenters. The van der Waals surface area contributed by atoms with Crippen molar-refractivity contribution in [2.24, 2.45) is 23.0 Å². The highest BCUT2D eigenvalue weighted by molar-refractivity contribution is 6.47. The molecule has 7 rings (SSSR count). The molecule has 2 saturated heterocycles. The molecule has 15 nitrogen and oxygen atoms in total.